The summed E-state index contributed by atoms with van der Waals surface area (Å²) >= 11 is 10.2. The molecule has 0 spiro atoms. The van der Waals surface area contributed by atoms with Crippen LogP contribution in [0.5, 0.6) is 0 Å². The molecule has 26 aromatic rings. The predicted octanol–water partition coefficient (Wildman–Crippen LogP) is 38.9. The Hall–Kier alpha value is -16.7. The van der Waals surface area contributed by atoms with Crippen LogP contribution < -0.4 is 20.0 Å². The summed E-state index contributed by atoms with van der Waals surface area (Å²) in [5.41, 5.74) is 27.9. The molecular formula is C129H91ClN6O2S2. The largest absolute Gasteiger partial charge is 0.455 e. The number of unbranched alkanes of at least 4 members (excludes halogenated alkanes) is 2. The molecule has 0 bridgehead atoms. The van der Waals surface area contributed by atoms with Gasteiger partial charge in [-0.1, -0.05) is 347 Å². The van der Waals surface area contributed by atoms with Gasteiger partial charge in [-0.15, -0.1) is 0 Å². The Labute approximate surface area is 824 Å². The summed E-state index contributed by atoms with van der Waals surface area (Å²) in [6.07, 6.45) is 4.08. The molecule has 0 saturated heterocycles. The summed E-state index contributed by atoms with van der Waals surface area (Å²) in [5.74, 6) is 0. The van der Waals surface area contributed by atoms with Crippen LogP contribution >= 0.6 is 35.1 Å². The zero-order valence-corrected chi connectivity index (χ0v) is 79.3. The van der Waals surface area contributed by atoms with Crippen LogP contribution in [0, 0.1) is 0 Å². The molecule has 0 saturated carbocycles. The molecule has 2 aliphatic rings. The van der Waals surface area contributed by atoms with Crippen LogP contribution in [0.2, 0.25) is 5.02 Å². The van der Waals surface area contributed by atoms with Gasteiger partial charge in [0.2, 0.25) is 0 Å². The van der Waals surface area contributed by atoms with Gasteiger partial charge in [0.05, 0.1) is 44.8 Å². The minimum atomic E-state index is 0.727. The predicted molar refractivity (Wildman–Crippen MR) is 596 cm³/mol. The molecule has 0 atom stereocenters. The minimum Gasteiger partial charge on any atom is -0.455 e. The van der Waals surface area contributed by atoms with Crippen LogP contribution in [0.3, 0.4) is 0 Å². The second-order valence-electron chi connectivity index (χ2n) is 35.7. The molecule has 1 N–H and O–H groups in total. The molecule has 0 fully saturated rings. The number of hydrogen-bond acceptors (Lipinski definition) is 8. The number of halogens is 1. The van der Waals surface area contributed by atoms with Crippen LogP contribution in [-0.2, 0) is 0 Å². The Kier molecular flexibility index (Phi) is 22.1. The Morgan fingerprint density at radius 2 is 0.600 bits per heavy atom. The van der Waals surface area contributed by atoms with Crippen molar-refractivity contribution in [3.05, 3.63) is 478 Å². The third-order valence-electron chi connectivity index (χ3n) is 27.2. The average Bonchev–Trinajstić information content (AvgIpc) is 1.54. The fourth-order valence-corrected chi connectivity index (χ4v) is 23.4. The average molecular weight is 1860 g/mol. The number of nitrogens with one attached hydrogen (secondary N) is 1. The monoisotopic (exact) mass is 1850 g/mol. The van der Waals surface area contributed by atoms with E-state index < -0.39 is 0 Å². The van der Waals surface area contributed by atoms with E-state index in [2.05, 4.69) is 480 Å². The molecule has 11 heteroatoms. The molecule has 0 radical (unpaired) electrons. The SMILES string of the molecule is CCCCC.Clc1ccc2c3cc(-c4cc5c6ccccc6oc5c5ccccc45)c4ccccc4c3n(-c3ccccc3)c2c1.c1ccc(N(c2ccc3c(c2)Sc2ccccc2N3c2ccccc2)c2ccc3c4cc(-c5cc6c7ccccc7oc6c6ccccc56)c5ccccc5c4n(-c4ccccc4)c3c2)cc1.c1ccc(Nc2ccc3c(c2)Sc2ccccc2N3c2ccccc2)cc1. The lowest BCUT2D eigenvalue weighted by Gasteiger charge is -2.34. The first-order valence-corrected chi connectivity index (χ1v) is 49.9. The number of fused-ring (bicyclic) bond motifs is 24. The first-order valence-electron chi connectivity index (χ1n) is 47.9. The van der Waals surface area contributed by atoms with Crippen LogP contribution in [0.4, 0.5) is 62.6 Å². The van der Waals surface area contributed by atoms with Gasteiger partial charge in [-0.2, -0.15) is 0 Å². The molecule has 140 heavy (non-hydrogen) atoms. The lowest BCUT2D eigenvalue weighted by molar-refractivity contribution is 0.672. The molecule has 8 nitrogen and oxygen atoms in total. The summed E-state index contributed by atoms with van der Waals surface area (Å²) < 4.78 is 17.8. The highest BCUT2D eigenvalue weighted by atomic mass is 35.5. The summed E-state index contributed by atoms with van der Waals surface area (Å²) in [5, 5.41) is 22.9. The van der Waals surface area contributed by atoms with E-state index in [1.54, 1.807) is 0 Å². The van der Waals surface area contributed by atoms with Gasteiger partial charge in [0, 0.05) is 140 Å². The number of rotatable bonds is 13. The fraction of sp³-hybridized carbons (Fsp3) is 0.0388. The summed E-state index contributed by atoms with van der Waals surface area (Å²) in [6, 6.07) is 169. The van der Waals surface area contributed by atoms with E-state index in [1.807, 2.05) is 59.9 Å². The lowest BCUT2D eigenvalue weighted by atomic mass is 9.90. The van der Waals surface area contributed by atoms with E-state index in [1.165, 1.54) is 154 Å². The van der Waals surface area contributed by atoms with Crippen molar-refractivity contribution in [1.29, 1.82) is 0 Å². The van der Waals surface area contributed by atoms with Crippen molar-refractivity contribution < 1.29 is 8.83 Å². The second-order valence-corrected chi connectivity index (χ2v) is 38.3. The third-order valence-corrected chi connectivity index (χ3v) is 29.7. The van der Waals surface area contributed by atoms with Crippen molar-refractivity contribution in [1.82, 2.24) is 9.13 Å². The maximum absolute atomic E-state index is 6.59. The number of aromatic nitrogens is 2. The van der Waals surface area contributed by atoms with Gasteiger partial charge in [-0.25, -0.2) is 0 Å². The van der Waals surface area contributed by atoms with E-state index >= 15 is 0 Å². The van der Waals surface area contributed by atoms with E-state index in [0.29, 0.717) is 0 Å². The quantitative estimate of drug-likeness (QED) is 0.123. The van der Waals surface area contributed by atoms with Gasteiger partial charge in [-0.05, 0) is 238 Å². The lowest BCUT2D eigenvalue weighted by Crippen LogP contribution is -2.16. The Bertz CT molecular complexity index is 9260. The molecule has 668 valence electrons. The molecule has 0 unspecified atom stereocenters. The van der Waals surface area contributed by atoms with E-state index in [4.69, 9.17) is 20.4 Å². The smallest absolute Gasteiger partial charge is 0.143 e. The van der Waals surface area contributed by atoms with E-state index in [9.17, 15) is 0 Å². The third kappa shape index (κ3) is 15.1. The standard InChI is InChI=1S/C62H39N3OS.C38H22ClNO.C24H18N2S.C5H12/c1-4-18-40(19-5-1)63(44-33-35-56-60(37-44)67-59-31-17-15-29-55(59)64(56)41-20-6-2-7-21-41)43-32-34-47-53-38-51(45-24-10-12-27-49(45)61(53)65(57(47)36-43)42-22-8-3-9-23-42)52-39-54-48-26-14-16-30-58(48)66-62(54)50-28-13-11-25-46(50)52;39-23-18-19-27-33-21-31(25-12-4-6-15-29(25)37(33)40(35(27)20-23)24-10-2-1-3-11-24)32-22-34-28-14-8-9-17-36(28)41-38(34)30-16-7-5-13-26(30)32;1-3-9-18(10-4-1)25-19-15-16-22-24(17-19)27-23-14-8-7-13-21(23)26(22)20-11-5-2-6-12-20;1-3-5-4-2/h1-39H;1-22H;1-17,25H;3-5H2,1-2H3. The Morgan fingerprint density at radius 3 is 1.07 bits per heavy atom. The zero-order chi connectivity index (χ0) is 93.3. The Morgan fingerprint density at radius 1 is 0.250 bits per heavy atom. The van der Waals surface area contributed by atoms with Crippen molar-refractivity contribution in [2.75, 3.05) is 20.0 Å². The minimum absolute atomic E-state index is 0.727. The zero-order valence-electron chi connectivity index (χ0n) is 76.9. The van der Waals surface area contributed by atoms with Gasteiger partial charge >= 0.3 is 0 Å². The number of benzene rings is 22. The van der Waals surface area contributed by atoms with Crippen molar-refractivity contribution >= 4 is 228 Å². The number of para-hydroxylation sites is 10. The Balaban J connectivity index is 0.000000120. The van der Waals surface area contributed by atoms with Gasteiger partial charge < -0.3 is 38.0 Å². The van der Waals surface area contributed by atoms with E-state index in [0.717, 1.165) is 116 Å². The molecule has 22 aromatic carbocycles. The summed E-state index contributed by atoms with van der Waals surface area (Å²) in [6.45, 7) is 4.42. The molecule has 0 amide bonds. The molecule has 4 aromatic heterocycles. The van der Waals surface area contributed by atoms with Crippen molar-refractivity contribution in [2.45, 2.75) is 52.7 Å². The fourth-order valence-electron chi connectivity index (χ4n) is 21.0. The highest BCUT2D eigenvalue weighted by Crippen LogP contribution is 2.57. The summed E-state index contributed by atoms with van der Waals surface area (Å²) in [7, 11) is 0. The number of anilines is 11. The topological polar surface area (TPSA) is 57.9 Å². The van der Waals surface area contributed by atoms with Gasteiger partial charge in [-0.3, -0.25) is 0 Å². The second kappa shape index (κ2) is 36.4. The van der Waals surface area contributed by atoms with Crippen LogP contribution in [0.25, 0.3) is 164 Å². The van der Waals surface area contributed by atoms with Crippen molar-refractivity contribution in [2.24, 2.45) is 0 Å². The van der Waals surface area contributed by atoms with Crippen LogP contribution in [0.1, 0.15) is 33.1 Å². The normalized spacial score (nSPS) is 12.1. The highest BCUT2D eigenvalue weighted by molar-refractivity contribution is 8.00. The molecule has 2 aliphatic heterocycles. The first-order chi connectivity index (χ1) is 69.3. The number of hydrogen-bond donors (Lipinski definition) is 1. The molecule has 0 aliphatic carbocycles. The van der Waals surface area contributed by atoms with Gasteiger partial charge in [0.15, 0.2) is 0 Å². The number of nitrogens with zero attached hydrogens (tertiary/aromatic N) is 5. The summed E-state index contributed by atoms with van der Waals surface area (Å²) in [4.78, 5) is 12.1. The first kappa shape index (κ1) is 85.0. The molecule has 28 rings (SSSR count). The van der Waals surface area contributed by atoms with Crippen LogP contribution in [0.15, 0.2) is 502 Å². The maximum atomic E-state index is 6.59. The van der Waals surface area contributed by atoms with Gasteiger partial charge in [0.1, 0.15) is 22.3 Å². The number of furan rings is 2. The van der Waals surface area contributed by atoms with Gasteiger partial charge in [0.25, 0.3) is 0 Å². The molecule has 6 heterocycles. The highest BCUT2D eigenvalue weighted by Gasteiger charge is 2.31. The van der Waals surface area contributed by atoms with Crippen molar-refractivity contribution in [3.63, 3.8) is 0 Å². The van der Waals surface area contributed by atoms with Crippen LogP contribution in [-0.4, -0.2) is 9.13 Å². The van der Waals surface area contributed by atoms with E-state index in [-0.39, 0.29) is 0 Å². The maximum Gasteiger partial charge on any atom is 0.143 e. The van der Waals surface area contributed by atoms with Crippen molar-refractivity contribution in [3.8, 4) is 33.6 Å². The molecular weight excluding hydrogens is 1770 g/mol.